The SMILES string of the molecule is NC(=O)CCNC(=O)C1=C[C@@H](NC(=O)[C@@H]2C[C@@H](O)CN2)[C@@H](O)[C@H](O)C1. The highest BCUT2D eigenvalue weighted by Gasteiger charge is 2.36. The van der Waals surface area contributed by atoms with Gasteiger partial charge in [-0.3, -0.25) is 14.4 Å². The number of β-amino-alcohol motifs (C(OH)–C–C–N with tert-alkyl or cyclic N) is 1. The fourth-order valence-corrected chi connectivity index (χ4v) is 2.86. The second-order valence-corrected chi connectivity index (χ2v) is 6.31. The van der Waals surface area contributed by atoms with Gasteiger partial charge in [0.2, 0.25) is 17.7 Å². The van der Waals surface area contributed by atoms with Crippen molar-refractivity contribution in [2.45, 2.75) is 49.7 Å². The van der Waals surface area contributed by atoms with Gasteiger partial charge in [0.15, 0.2) is 0 Å². The largest absolute Gasteiger partial charge is 0.392 e. The number of rotatable bonds is 6. The Balaban J connectivity index is 1.98. The number of amides is 3. The van der Waals surface area contributed by atoms with Gasteiger partial charge in [-0.05, 0) is 6.42 Å². The smallest absolute Gasteiger partial charge is 0.247 e. The predicted octanol–water partition coefficient (Wildman–Crippen LogP) is -3.76. The van der Waals surface area contributed by atoms with E-state index in [1.165, 1.54) is 6.08 Å². The lowest BCUT2D eigenvalue weighted by molar-refractivity contribution is -0.125. The van der Waals surface area contributed by atoms with Gasteiger partial charge in [-0.25, -0.2) is 0 Å². The van der Waals surface area contributed by atoms with Crippen molar-refractivity contribution in [2.75, 3.05) is 13.1 Å². The Bertz CT molecular complexity index is 566. The van der Waals surface area contributed by atoms with Crippen LogP contribution in [0.1, 0.15) is 19.3 Å². The lowest BCUT2D eigenvalue weighted by atomic mass is 9.89. The summed E-state index contributed by atoms with van der Waals surface area (Å²) >= 11 is 0. The molecule has 25 heavy (non-hydrogen) atoms. The summed E-state index contributed by atoms with van der Waals surface area (Å²) in [4.78, 5) is 34.9. The van der Waals surface area contributed by atoms with Gasteiger partial charge in [0.05, 0.1) is 24.3 Å². The molecule has 0 radical (unpaired) electrons. The lowest BCUT2D eigenvalue weighted by Gasteiger charge is -2.31. The molecular weight excluding hydrogens is 332 g/mol. The van der Waals surface area contributed by atoms with Crippen LogP contribution in [0.4, 0.5) is 0 Å². The molecule has 0 saturated carbocycles. The maximum absolute atomic E-state index is 12.2. The zero-order valence-electron chi connectivity index (χ0n) is 13.6. The van der Waals surface area contributed by atoms with Crippen LogP contribution >= 0.6 is 0 Å². The van der Waals surface area contributed by atoms with E-state index in [2.05, 4.69) is 16.0 Å². The van der Waals surface area contributed by atoms with Gasteiger partial charge in [0, 0.05) is 31.5 Å². The van der Waals surface area contributed by atoms with E-state index in [0.717, 1.165) is 0 Å². The van der Waals surface area contributed by atoms with Crippen molar-refractivity contribution in [3.8, 4) is 0 Å². The first-order valence-electron chi connectivity index (χ1n) is 8.13. The van der Waals surface area contributed by atoms with Crippen LogP contribution < -0.4 is 21.7 Å². The van der Waals surface area contributed by atoms with Crippen molar-refractivity contribution in [2.24, 2.45) is 5.73 Å². The van der Waals surface area contributed by atoms with Crippen molar-refractivity contribution in [3.63, 3.8) is 0 Å². The van der Waals surface area contributed by atoms with E-state index in [0.29, 0.717) is 6.54 Å². The first kappa shape index (κ1) is 19.3. The Hall–Kier alpha value is -2.01. The molecule has 0 aromatic heterocycles. The topological polar surface area (TPSA) is 174 Å². The Morgan fingerprint density at radius 3 is 2.60 bits per heavy atom. The zero-order valence-corrected chi connectivity index (χ0v) is 13.6. The number of hydrogen-bond donors (Lipinski definition) is 7. The van der Waals surface area contributed by atoms with Crippen LogP contribution in [-0.2, 0) is 14.4 Å². The summed E-state index contributed by atoms with van der Waals surface area (Å²) in [6.45, 7) is 0.363. The minimum atomic E-state index is -1.25. The van der Waals surface area contributed by atoms with Gasteiger partial charge in [0.1, 0.15) is 6.10 Å². The van der Waals surface area contributed by atoms with Crippen LogP contribution in [0.5, 0.6) is 0 Å². The lowest BCUT2D eigenvalue weighted by Crippen LogP contribution is -2.54. The summed E-state index contributed by atoms with van der Waals surface area (Å²) in [6, 6.07) is -1.53. The average molecular weight is 356 g/mol. The molecule has 1 saturated heterocycles. The van der Waals surface area contributed by atoms with Crippen molar-refractivity contribution in [1.29, 1.82) is 0 Å². The highest BCUT2D eigenvalue weighted by Crippen LogP contribution is 2.20. The molecule has 2 aliphatic rings. The standard InChI is InChI=1S/C15H24N4O6/c16-12(22)1-2-17-14(24)7-3-9(13(23)11(21)4-7)19-15(25)10-5-8(20)6-18-10/h3,8-11,13,18,20-21,23H,1-2,4-6H2,(H2,16,22)(H,17,24)(H,19,25)/t8-,9-,10+,11-,13-/m1/s1. The molecule has 1 fully saturated rings. The van der Waals surface area contributed by atoms with Crippen LogP contribution in [0.25, 0.3) is 0 Å². The number of nitrogens with two attached hydrogens (primary N) is 1. The fraction of sp³-hybridized carbons (Fsp3) is 0.667. The molecule has 1 aliphatic heterocycles. The van der Waals surface area contributed by atoms with Gasteiger partial charge < -0.3 is 37.0 Å². The summed E-state index contributed by atoms with van der Waals surface area (Å²) in [6.07, 6.45) is -1.52. The van der Waals surface area contributed by atoms with Crippen molar-refractivity contribution < 1.29 is 29.7 Å². The number of aliphatic hydroxyl groups is 3. The van der Waals surface area contributed by atoms with Crippen molar-refractivity contribution in [3.05, 3.63) is 11.6 Å². The van der Waals surface area contributed by atoms with E-state index in [1.807, 2.05) is 0 Å². The number of carbonyl (C=O) groups excluding carboxylic acids is 3. The molecule has 1 heterocycles. The van der Waals surface area contributed by atoms with Gasteiger partial charge in [-0.15, -0.1) is 0 Å². The number of primary amides is 1. The summed E-state index contributed by atoms with van der Waals surface area (Å²) in [5, 5.41) is 37.4. The molecule has 8 N–H and O–H groups in total. The van der Waals surface area contributed by atoms with Gasteiger partial charge in [0.25, 0.3) is 0 Å². The van der Waals surface area contributed by atoms with Gasteiger partial charge in [-0.2, -0.15) is 0 Å². The highest BCUT2D eigenvalue weighted by molar-refractivity contribution is 5.94. The first-order chi connectivity index (χ1) is 11.8. The second kappa shape index (κ2) is 8.39. The van der Waals surface area contributed by atoms with Gasteiger partial charge >= 0.3 is 0 Å². The van der Waals surface area contributed by atoms with Crippen LogP contribution in [0.2, 0.25) is 0 Å². The van der Waals surface area contributed by atoms with Crippen molar-refractivity contribution in [1.82, 2.24) is 16.0 Å². The fourth-order valence-electron chi connectivity index (χ4n) is 2.86. The molecule has 2 rings (SSSR count). The summed E-state index contributed by atoms with van der Waals surface area (Å²) in [5.41, 5.74) is 5.20. The summed E-state index contributed by atoms with van der Waals surface area (Å²) < 4.78 is 0. The van der Waals surface area contributed by atoms with Crippen LogP contribution in [0, 0.1) is 0 Å². The Kier molecular flexibility index (Phi) is 6.48. The normalized spacial score (nSPS) is 32.0. The third-order valence-corrected chi connectivity index (χ3v) is 4.25. The molecule has 3 amide bonds. The Morgan fingerprint density at radius 2 is 2.00 bits per heavy atom. The van der Waals surface area contributed by atoms with E-state index in [-0.39, 0.29) is 31.4 Å². The third kappa shape index (κ3) is 5.23. The molecule has 10 nitrogen and oxygen atoms in total. The zero-order chi connectivity index (χ0) is 18.6. The second-order valence-electron chi connectivity index (χ2n) is 6.31. The quantitative estimate of drug-likeness (QED) is 0.256. The van der Waals surface area contributed by atoms with Gasteiger partial charge in [-0.1, -0.05) is 6.08 Å². The van der Waals surface area contributed by atoms with E-state index < -0.39 is 48.1 Å². The van der Waals surface area contributed by atoms with E-state index >= 15 is 0 Å². The molecule has 140 valence electrons. The third-order valence-electron chi connectivity index (χ3n) is 4.25. The number of carbonyl (C=O) groups is 3. The molecule has 0 bridgehead atoms. The van der Waals surface area contributed by atoms with E-state index in [9.17, 15) is 29.7 Å². The highest BCUT2D eigenvalue weighted by atomic mass is 16.3. The predicted molar refractivity (Wildman–Crippen MR) is 85.9 cm³/mol. The van der Waals surface area contributed by atoms with Crippen LogP contribution in [0.3, 0.4) is 0 Å². The first-order valence-corrected chi connectivity index (χ1v) is 8.13. The number of nitrogens with one attached hydrogen (secondary N) is 3. The molecule has 0 spiro atoms. The van der Waals surface area contributed by atoms with Crippen molar-refractivity contribution >= 4 is 17.7 Å². The minimum absolute atomic E-state index is 0.0139. The molecule has 0 aromatic carbocycles. The Labute approximate surface area is 144 Å². The van der Waals surface area contributed by atoms with Crippen LogP contribution in [-0.4, -0.2) is 76.5 Å². The number of hydrogen-bond acceptors (Lipinski definition) is 7. The molecule has 1 aliphatic carbocycles. The molecular formula is C15H24N4O6. The van der Waals surface area contributed by atoms with E-state index in [4.69, 9.17) is 5.73 Å². The maximum Gasteiger partial charge on any atom is 0.247 e. The van der Waals surface area contributed by atoms with E-state index in [1.54, 1.807) is 0 Å². The summed E-state index contributed by atoms with van der Waals surface area (Å²) in [7, 11) is 0. The molecule has 5 atom stereocenters. The number of aliphatic hydroxyl groups excluding tert-OH is 3. The molecule has 0 aromatic rings. The molecule has 10 heteroatoms. The van der Waals surface area contributed by atoms with Crippen LogP contribution in [0.15, 0.2) is 11.6 Å². The maximum atomic E-state index is 12.2. The Morgan fingerprint density at radius 1 is 1.28 bits per heavy atom. The molecule has 0 unspecified atom stereocenters. The minimum Gasteiger partial charge on any atom is -0.392 e. The monoisotopic (exact) mass is 356 g/mol. The average Bonchev–Trinajstić information content (AvgIpc) is 2.97. The summed E-state index contributed by atoms with van der Waals surface area (Å²) in [5.74, 6) is -1.48.